The van der Waals surface area contributed by atoms with Gasteiger partial charge < -0.3 is 30.0 Å². The number of halogens is 1. The van der Waals surface area contributed by atoms with Crippen molar-refractivity contribution in [2.24, 2.45) is 5.73 Å². The van der Waals surface area contributed by atoms with Crippen LogP contribution in [0.5, 0.6) is 5.75 Å². The second kappa shape index (κ2) is 6.75. The van der Waals surface area contributed by atoms with Gasteiger partial charge in [-0.3, -0.25) is 9.59 Å². The van der Waals surface area contributed by atoms with Crippen LogP contribution < -0.4 is 21.2 Å². The number of carbonyl (C=O) groups excluding carboxylic acids is 2. The van der Waals surface area contributed by atoms with Crippen molar-refractivity contribution in [1.82, 2.24) is 0 Å². The van der Waals surface area contributed by atoms with Crippen molar-refractivity contribution >= 4 is 33.5 Å². The van der Waals surface area contributed by atoms with E-state index in [-0.39, 0.29) is 29.4 Å². The molecule has 0 bridgehead atoms. The Morgan fingerprint density at radius 1 is 1.34 bits per heavy atom. The van der Waals surface area contributed by atoms with E-state index >= 15 is 0 Å². The predicted molar refractivity (Wildman–Crippen MR) is 103 cm³/mol. The van der Waals surface area contributed by atoms with Gasteiger partial charge in [-0.1, -0.05) is 15.9 Å². The average Bonchev–Trinajstić information content (AvgIpc) is 2.95. The summed E-state index contributed by atoms with van der Waals surface area (Å²) in [5, 5.41) is 12.2. The smallest absolute Gasteiger partial charge is 0.341 e. The van der Waals surface area contributed by atoms with E-state index in [9.17, 15) is 19.5 Å². The van der Waals surface area contributed by atoms with Crippen molar-refractivity contribution in [3.8, 4) is 5.75 Å². The first-order chi connectivity index (χ1) is 13.8. The van der Waals surface area contributed by atoms with Crippen molar-refractivity contribution in [2.45, 2.75) is 18.9 Å². The van der Waals surface area contributed by atoms with Crippen molar-refractivity contribution in [1.29, 1.82) is 0 Å². The Kier molecular flexibility index (Phi) is 4.47. The summed E-state index contributed by atoms with van der Waals surface area (Å²) in [4.78, 5) is 38.8. The van der Waals surface area contributed by atoms with Crippen LogP contribution in [-0.4, -0.2) is 23.6 Å². The van der Waals surface area contributed by atoms with Crippen LogP contribution >= 0.6 is 15.9 Å². The monoisotopic (exact) mass is 462 g/mol. The maximum absolute atomic E-state index is 13.4. The highest BCUT2D eigenvalue weighted by Gasteiger charge is 2.61. The van der Waals surface area contributed by atoms with Crippen molar-refractivity contribution in [2.75, 3.05) is 11.9 Å². The average molecular weight is 463 g/mol. The summed E-state index contributed by atoms with van der Waals surface area (Å²) in [7, 11) is 0. The van der Waals surface area contributed by atoms with E-state index in [2.05, 4.69) is 21.2 Å². The van der Waals surface area contributed by atoms with Crippen molar-refractivity contribution in [3.63, 3.8) is 0 Å². The topological polar surface area (TPSA) is 141 Å². The predicted octanol–water partition coefficient (Wildman–Crippen LogP) is 1.26. The third kappa shape index (κ3) is 2.60. The molecular formula is C19H15BrN2O7. The molecule has 150 valence electrons. The Balaban J connectivity index is 2.16. The van der Waals surface area contributed by atoms with Crippen molar-refractivity contribution < 1.29 is 28.6 Å². The number of carbonyl (C=O) groups is 2. The van der Waals surface area contributed by atoms with Gasteiger partial charge in [-0.05, 0) is 25.1 Å². The Hall–Kier alpha value is -3.11. The molecule has 2 aromatic rings. The summed E-state index contributed by atoms with van der Waals surface area (Å²) >= 11 is 3.35. The summed E-state index contributed by atoms with van der Waals surface area (Å²) < 4.78 is 16.8. The standard InChI is InChI=1S/C19H15BrN2O7/c1-2-27-17(25)13-16(21)29-14-12(24)6-9(7-23)28-15(14)19(13)10-5-8(20)3-4-11(10)22-18(19)26/h3-6,23H,2,7,21H2,1H3,(H,22,26). The Morgan fingerprint density at radius 3 is 2.79 bits per heavy atom. The molecule has 9 nitrogen and oxygen atoms in total. The van der Waals surface area contributed by atoms with Crippen LogP contribution in [0.15, 0.2) is 49.4 Å². The molecule has 0 saturated heterocycles. The lowest BCUT2D eigenvalue weighted by atomic mass is 9.71. The van der Waals surface area contributed by atoms with Gasteiger partial charge in [0.2, 0.25) is 23.0 Å². The number of rotatable bonds is 3. The van der Waals surface area contributed by atoms with Gasteiger partial charge in [0.25, 0.3) is 0 Å². The molecule has 1 amide bonds. The lowest BCUT2D eigenvalue weighted by molar-refractivity contribution is -0.141. The Labute approximate surface area is 172 Å². The molecule has 0 fully saturated rings. The van der Waals surface area contributed by atoms with E-state index in [4.69, 9.17) is 19.6 Å². The minimum atomic E-state index is -1.92. The maximum Gasteiger partial charge on any atom is 0.341 e. The molecule has 29 heavy (non-hydrogen) atoms. The third-order valence-corrected chi connectivity index (χ3v) is 5.23. The van der Waals surface area contributed by atoms with Gasteiger partial charge in [0.1, 0.15) is 17.9 Å². The summed E-state index contributed by atoms with van der Waals surface area (Å²) in [6.45, 7) is 1.02. The summed E-state index contributed by atoms with van der Waals surface area (Å²) in [6.07, 6.45) is 0. The third-order valence-electron chi connectivity index (χ3n) is 4.74. The minimum absolute atomic E-state index is 0.0200. The molecular weight excluding hydrogens is 448 g/mol. The number of fused-ring (bicyclic) bond motifs is 4. The van der Waals surface area contributed by atoms with Crippen LogP contribution in [0.25, 0.3) is 0 Å². The van der Waals surface area contributed by atoms with Gasteiger partial charge in [0, 0.05) is 21.8 Å². The lowest BCUT2D eigenvalue weighted by Gasteiger charge is -2.33. The molecule has 1 unspecified atom stereocenters. The number of amides is 1. The number of aliphatic hydroxyl groups excluding tert-OH is 1. The lowest BCUT2D eigenvalue weighted by Crippen LogP contribution is -2.47. The van der Waals surface area contributed by atoms with Gasteiger partial charge in [-0.15, -0.1) is 0 Å². The molecule has 2 aliphatic heterocycles. The highest BCUT2D eigenvalue weighted by molar-refractivity contribution is 9.10. The second-order valence-corrected chi connectivity index (χ2v) is 7.26. The number of hydrogen-bond donors (Lipinski definition) is 3. The number of aliphatic hydroxyl groups is 1. The number of hydrogen-bond acceptors (Lipinski definition) is 8. The summed E-state index contributed by atoms with van der Waals surface area (Å²) in [6, 6.07) is 5.98. The van der Waals surface area contributed by atoms with Crippen LogP contribution in [-0.2, 0) is 26.3 Å². The zero-order valence-electron chi connectivity index (χ0n) is 15.1. The zero-order valence-corrected chi connectivity index (χ0v) is 16.7. The van der Waals surface area contributed by atoms with Crippen LogP contribution in [0, 0.1) is 0 Å². The fraction of sp³-hybridized carbons (Fsp3) is 0.211. The molecule has 2 aliphatic rings. The molecule has 1 atom stereocenters. The van der Waals surface area contributed by atoms with E-state index in [1.165, 1.54) is 0 Å². The molecule has 0 saturated carbocycles. The minimum Gasteiger partial charge on any atom is -0.462 e. The highest BCUT2D eigenvalue weighted by atomic mass is 79.9. The zero-order chi connectivity index (χ0) is 20.9. The first kappa shape index (κ1) is 19.2. The molecule has 4 N–H and O–H groups in total. The fourth-order valence-corrected chi connectivity index (χ4v) is 3.98. The van der Waals surface area contributed by atoms with E-state index in [0.717, 1.165) is 6.07 Å². The number of ether oxygens (including phenoxy) is 2. The maximum atomic E-state index is 13.4. The highest BCUT2D eigenvalue weighted by Crippen LogP contribution is 2.53. The Bertz CT molecular complexity index is 1150. The fourth-order valence-electron chi connectivity index (χ4n) is 3.62. The molecule has 3 heterocycles. The molecule has 0 aliphatic carbocycles. The first-order valence-electron chi connectivity index (χ1n) is 8.59. The molecule has 0 radical (unpaired) electrons. The van der Waals surface area contributed by atoms with Crippen LogP contribution in [0.1, 0.15) is 24.0 Å². The molecule has 1 spiro atoms. The van der Waals surface area contributed by atoms with Crippen LogP contribution in [0.3, 0.4) is 0 Å². The van der Waals surface area contributed by atoms with Gasteiger partial charge in [-0.2, -0.15) is 0 Å². The number of esters is 1. The van der Waals surface area contributed by atoms with Crippen LogP contribution in [0.4, 0.5) is 5.69 Å². The SMILES string of the molecule is CCOC(=O)C1=C(N)Oc2c(oc(CO)cc2=O)C12C(=O)Nc1ccc(Br)cc12. The Morgan fingerprint density at radius 2 is 2.10 bits per heavy atom. The quantitative estimate of drug-likeness (QED) is 0.578. The van der Waals surface area contributed by atoms with Gasteiger partial charge in [0.15, 0.2) is 11.2 Å². The van der Waals surface area contributed by atoms with Crippen LogP contribution in [0.2, 0.25) is 0 Å². The number of nitrogens with one attached hydrogen (secondary N) is 1. The molecule has 10 heteroatoms. The summed E-state index contributed by atoms with van der Waals surface area (Å²) in [5.74, 6) is -2.69. The normalized spacial score (nSPS) is 19.5. The molecule has 1 aromatic heterocycles. The number of nitrogens with two attached hydrogens (primary N) is 1. The van der Waals surface area contributed by atoms with E-state index in [1.807, 2.05) is 0 Å². The van der Waals surface area contributed by atoms with E-state index < -0.39 is 35.2 Å². The van der Waals surface area contributed by atoms with E-state index in [1.54, 1.807) is 25.1 Å². The van der Waals surface area contributed by atoms with Crippen molar-refractivity contribution in [3.05, 3.63) is 67.5 Å². The summed E-state index contributed by atoms with van der Waals surface area (Å²) in [5.41, 5.74) is 3.85. The van der Waals surface area contributed by atoms with E-state index in [0.29, 0.717) is 15.7 Å². The molecule has 1 aromatic carbocycles. The number of benzene rings is 1. The molecule has 4 rings (SSSR count). The van der Waals surface area contributed by atoms with Gasteiger partial charge in [0.05, 0.1) is 6.61 Å². The number of anilines is 1. The van der Waals surface area contributed by atoms with Gasteiger partial charge >= 0.3 is 5.97 Å². The first-order valence-corrected chi connectivity index (χ1v) is 9.38. The second-order valence-electron chi connectivity index (χ2n) is 6.35. The largest absolute Gasteiger partial charge is 0.462 e. The van der Waals surface area contributed by atoms with Gasteiger partial charge in [-0.25, -0.2) is 4.79 Å².